The second-order valence-electron chi connectivity index (χ2n) is 5.67. The number of carbonyl (C=O) groups excluding carboxylic acids is 1. The van der Waals surface area contributed by atoms with E-state index in [1.807, 2.05) is 0 Å². The van der Waals surface area contributed by atoms with E-state index < -0.39 is 0 Å². The summed E-state index contributed by atoms with van der Waals surface area (Å²) in [6, 6.07) is 0.551. The summed E-state index contributed by atoms with van der Waals surface area (Å²) in [5, 5.41) is 6.16. The molecule has 0 radical (unpaired) electrons. The number of hydrogen-bond donors (Lipinski definition) is 3. The van der Waals surface area contributed by atoms with E-state index in [1.54, 1.807) is 0 Å². The van der Waals surface area contributed by atoms with E-state index in [2.05, 4.69) is 15.6 Å². The van der Waals surface area contributed by atoms with Crippen LogP contribution in [0.2, 0.25) is 0 Å². The van der Waals surface area contributed by atoms with E-state index in [0.717, 1.165) is 19.3 Å². The van der Waals surface area contributed by atoms with Crippen molar-refractivity contribution >= 4 is 11.9 Å². The minimum Gasteiger partial charge on any atom is -0.370 e. The van der Waals surface area contributed by atoms with Gasteiger partial charge < -0.3 is 16.4 Å². The molecule has 0 saturated heterocycles. The van der Waals surface area contributed by atoms with Gasteiger partial charge >= 0.3 is 0 Å². The Morgan fingerprint density at radius 3 is 2.58 bits per heavy atom. The van der Waals surface area contributed by atoms with Crippen molar-refractivity contribution in [2.24, 2.45) is 16.6 Å². The molecule has 1 amide bonds. The number of nitrogens with two attached hydrogens (primary N) is 1. The molecule has 2 fully saturated rings. The zero-order valence-electron chi connectivity index (χ0n) is 11.7. The van der Waals surface area contributed by atoms with Crippen LogP contribution in [0.3, 0.4) is 0 Å². The van der Waals surface area contributed by atoms with Crippen molar-refractivity contribution in [2.75, 3.05) is 13.1 Å². The molecule has 108 valence electrons. The molecule has 0 aromatic heterocycles. The van der Waals surface area contributed by atoms with Crippen LogP contribution in [-0.2, 0) is 4.79 Å². The molecule has 0 aliphatic heterocycles. The van der Waals surface area contributed by atoms with Crippen LogP contribution in [0.4, 0.5) is 0 Å². The molecule has 0 atom stereocenters. The fraction of sp³-hybridized carbons (Fsp3) is 0.857. The zero-order valence-corrected chi connectivity index (χ0v) is 11.7. The van der Waals surface area contributed by atoms with Crippen LogP contribution >= 0.6 is 0 Å². The molecular weight excluding hydrogens is 240 g/mol. The Labute approximate surface area is 115 Å². The van der Waals surface area contributed by atoms with Crippen LogP contribution in [0.25, 0.3) is 0 Å². The Kier molecular flexibility index (Phi) is 5.48. The second kappa shape index (κ2) is 7.36. The lowest BCUT2D eigenvalue weighted by Crippen LogP contribution is -2.34. The smallest absolute Gasteiger partial charge is 0.223 e. The number of nitrogens with one attached hydrogen (secondary N) is 2. The summed E-state index contributed by atoms with van der Waals surface area (Å²) in [4.78, 5) is 16.1. The fourth-order valence-corrected chi connectivity index (χ4v) is 2.48. The first kappa shape index (κ1) is 14.2. The fourth-order valence-electron chi connectivity index (χ4n) is 2.48. The van der Waals surface area contributed by atoms with E-state index in [-0.39, 0.29) is 11.8 Å². The molecule has 0 bridgehead atoms. The summed E-state index contributed by atoms with van der Waals surface area (Å²) in [6.45, 7) is 1.38. The molecule has 2 rings (SSSR count). The second-order valence-corrected chi connectivity index (χ2v) is 5.67. The van der Waals surface area contributed by atoms with E-state index >= 15 is 0 Å². The van der Waals surface area contributed by atoms with Gasteiger partial charge in [-0.25, -0.2) is 0 Å². The van der Waals surface area contributed by atoms with Crippen LogP contribution in [0.1, 0.15) is 51.4 Å². The number of amides is 1. The zero-order chi connectivity index (χ0) is 13.5. The van der Waals surface area contributed by atoms with Crippen molar-refractivity contribution in [3.63, 3.8) is 0 Å². The van der Waals surface area contributed by atoms with Crippen molar-refractivity contribution in [1.29, 1.82) is 0 Å². The van der Waals surface area contributed by atoms with Gasteiger partial charge in [-0.15, -0.1) is 0 Å². The topological polar surface area (TPSA) is 79.5 Å². The summed E-state index contributed by atoms with van der Waals surface area (Å²) in [5.41, 5.74) is 5.73. The molecule has 0 heterocycles. The van der Waals surface area contributed by atoms with Crippen molar-refractivity contribution in [3.8, 4) is 0 Å². The third-order valence-electron chi connectivity index (χ3n) is 3.82. The van der Waals surface area contributed by atoms with Gasteiger partial charge in [0.1, 0.15) is 0 Å². The average molecular weight is 266 g/mol. The maximum Gasteiger partial charge on any atom is 0.223 e. The first-order valence-corrected chi connectivity index (χ1v) is 7.60. The monoisotopic (exact) mass is 266 g/mol. The molecule has 0 aromatic rings. The predicted molar refractivity (Wildman–Crippen MR) is 76.8 cm³/mol. The van der Waals surface area contributed by atoms with E-state index in [9.17, 15) is 4.79 Å². The molecule has 2 aliphatic carbocycles. The Morgan fingerprint density at radius 1 is 1.16 bits per heavy atom. The molecule has 0 spiro atoms. The molecule has 5 heteroatoms. The Bertz CT molecular complexity index is 319. The number of rotatable bonds is 6. The largest absolute Gasteiger partial charge is 0.370 e. The number of guanidine groups is 1. The van der Waals surface area contributed by atoms with Crippen molar-refractivity contribution < 1.29 is 4.79 Å². The molecule has 2 aliphatic rings. The van der Waals surface area contributed by atoms with Crippen molar-refractivity contribution in [3.05, 3.63) is 0 Å². The molecule has 0 aromatic carbocycles. The van der Waals surface area contributed by atoms with Crippen LogP contribution in [0, 0.1) is 5.92 Å². The highest BCUT2D eigenvalue weighted by atomic mass is 16.1. The van der Waals surface area contributed by atoms with E-state index in [1.165, 1.54) is 32.1 Å². The Hall–Kier alpha value is -1.26. The minimum atomic E-state index is 0.229. The molecule has 4 N–H and O–H groups in total. The minimum absolute atomic E-state index is 0.229. The van der Waals surface area contributed by atoms with Crippen LogP contribution in [0.5, 0.6) is 0 Å². The van der Waals surface area contributed by atoms with Gasteiger partial charge in [0, 0.05) is 25.0 Å². The summed E-state index contributed by atoms with van der Waals surface area (Å²) >= 11 is 0. The lowest BCUT2D eigenvalue weighted by atomic mass is 9.89. The Morgan fingerprint density at radius 2 is 1.89 bits per heavy atom. The lowest BCUT2D eigenvalue weighted by Gasteiger charge is -2.20. The molecule has 5 nitrogen and oxygen atoms in total. The number of hydrogen-bond acceptors (Lipinski definition) is 2. The van der Waals surface area contributed by atoms with Gasteiger partial charge in [-0.05, 0) is 32.1 Å². The highest BCUT2D eigenvalue weighted by Gasteiger charge is 2.21. The summed E-state index contributed by atoms with van der Waals surface area (Å²) in [7, 11) is 0. The van der Waals surface area contributed by atoms with Crippen LogP contribution < -0.4 is 16.4 Å². The third-order valence-corrected chi connectivity index (χ3v) is 3.82. The maximum atomic E-state index is 11.9. The van der Waals surface area contributed by atoms with Gasteiger partial charge in [0.25, 0.3) is 0 Å². The van der Waals surface area contributed by atoms with Crippen molar-refractivity contribution in [1.82, 2.24) is 10.6 Å². The highest BCUT2D eigenvalue weighted by molar-refractivity contribution is 5.79. The standard InChI is InChI=1S/C14H26N4O/c15-14(18-12-7-8-12)17-10-4-9-16-13(19)11-5-2-1-3-6-11/h11-12H,1-10H2,(H,16,19)(H3,15,17,18). The first-order valence-electron chi connectivity index (χ1n) is 7.60. The normalized spacial score (nSPS) is 21.2. The number of carbonyl (C=O) groups is 1. The van der Waals surface area contributed by atoms with Crippen LogP contribution in [0.15, 0.2) is 4.99 Å². The summed E-state index contributed by atoms with van der Waals surface area (Å²) < 4.78 is 0. The summed E-state index contributed by atoms with van der Waals surface area (Å²) in [6.07, 6.45) is 9.06. The van der Waals surface area contributed by atoms with Gasteiger partial charge in [-0.3, -0.25) is 9.79 Å². The Balaban J connectivity index is 1.51. The average Bonchev–Trinajstić information content (AvgIpc) is 3.23. The highest BCUT2D eigenvalue weighted by Crippen LogP contribution is 2.23. The number of aliphatic imine (C=N–C) groups is 1. The van der Waals surface area contributed by atoms with Crippen molar-refractivity contribution in [2.45, 2.75) is 57.4 Å². The maximum absolute atomic E-state index is 11.9. The number of nitrogens with zero attached hydrogens (tertiary/aromatic N) is 1. The molecule has 2 saturated carbocycles. The predicted octanol–water partition coefficient (Wildman–Crippen LogP) is 1.14. The molecular formula is C14H26N4O. The summed E-state index contributed by atoms with van der Waals surface area (Å²) in [5.74, 6) is 1.02. The van der Waals surface area contributed by atoms with Gasteiger partial charge in [-0.2, -0.15) is 0 Å². The lowest BCUT2D eigenvalue weighted by molar-refractivity contribution is -0.125. The van der Waals surface area contributed by atoms with Gasteiger partial charge in [0.05, 0.1) is 0 Å². The van der Waals surface area contributed by atoms with Gasteiger partial charge in [0.2, 0.25) is 5.91 Å². The van der Waals surface area contributed by atoms with E-state index in [0.29, 0.717) is 25.1 Å². The van der Waals surface area contributed by atoms with E-state index in [4.69, 9.17) is 5.73 Å². The van der Waals surface area contributed by atoms with Gasteiger partial charge in [0.15, 0.2) is 5.96 Å². The van der Waals surface area contributed by atoms with Gasteiger partial charge in [-0.1, -0.05) is 19.3 Å². The SMILES string of the molecule is NC(=NCCCNC(=O)C1CCCCC1)NC1CC1. The quantitative estimate of drug-likeness (QED) is 0.383. The first-order chi connectivity index (χ1) is 9.25. The molecule has 0 unspecified atom stereocenters. The molecule has 19 heavy (non-hydrogen) atoms. The third kappa shape index (κ3) is 5.49. The van der Waals surface area contributed by atoms with Crippen LogP contribution in [-0.4, -0.2) is 31.0 Å².